The maximum Gasteiger partial charge on any atom is 0.259 e. The molecule has 2 rings (SSSR count). The van der Waals surface area contributed by atoms with Crippen LogP contribution in [0.2, 0.25) is 0 Å². The van der Waals surface area contributed by atoms with Crippen molar-refractivity contribution in [2.24, 2.45) is 0 Å². The summed E-state index contributed by atoms with van der Waals surface area (Å²) in [7, 11) is 0. The third-order valence-electron chi connectivity index (χ3n) is 3.26. The highest BCUT2D eigenvalue weighted by Crippen LogP contribution is 2.23. The van der Waals surface area contributed by atoms with Crippen LogP contribution in [0.1, 0.15) is 28.4 Å². The minimum atomic E-state index is 0.0203. The van der Waals surface area contributed by atoms with Crippen molar-refractivity contribution in [2.75, 3.05) is 11.4 Å². The van der Waals surface area contributed by atoms with E-state index in [1.807, 2.05) is 63.2 Å². The second kappa shape index (κ2) is 6.23. The molecule has 2 aromatic carbocycles. The molecule has 20 heavy (non-hydrogen) atoms. The monoisotopic (exact) mass is 331 g/mol. The van der Waals surface area contributed by atoms with Gasteiger partial charge in [0.25, 0.3) is 5.91 Å². The first-order valence-electron chi connectivity index (χ1n) is 6.67. The molecule has 2 nitrogen and oxygen atoms in total. The number of hydrogen-bond donors (Lipinski definition) is 0. The van der Waals surface area contributed by atoms with Crippen molar-refractivity contribution in [3.63, 3.8) is 0 Å². The molecule has 1 amide bonds. The number of halogens is 1. The number of benzene rings is 2. The van der Waals surface area contributed by atoms with E-state index in [1.54, 1.807) is 4.90 Å². The molecule has 0 aromatic heterocycles. The van der Waals surface area contributed by atoms with Crippen LogP contribution in [0.3, 0.4) is 0 Å². The van der Waals surface area contributed by atoms with Gasteiger partial charge < -0.3 is 4.90 Å². The summed E-state index contributed by atoms with van der Waals surface area (Å²) >= 11 is 3.47. The summed E-state index contributed by atoms with van der Waals surface area (Å²) in [5, 5.41) is 0. The fourth-order valence-corrected chi connectivity index (χ4v) is 2.53. The van der Waals surface area contributed by atoms with Gasteiger partial charge in [-0.05, 0) is 61.0 Å². The lowest BCUT2D eigenvalue weighted by molar-refractivity contribution is 0.0987. The molecule has 0 saturated carbocycles. The van der Waals surface area contributed by atoms with Crippen LogP contribution in [0.5, 0.6) is 0 Å². The van der Waals surface area contributed by atoms with E-state index in [9.17, 15) is 4.79 Å². The van der Waals surface area contributed by atoms with E-state index in [4.69, 9.17) is 0 Å². The average molecular weight is 332 g/mol. The Kier molecular flexibility index (Phi) is 4.61. The molecule has 0 aliphatic heterocycles. The van der Waals surface area contributed by atoms with Crippen molar-refractivity contribution in [2.45, 2.75) is 20.8 Å². The van der Waals surface area contributed by atoms with Gasteiger partial charge in [-0.25, -0.2) is 0 Å². The second-order valence-corrected chi connectivity index (χ2v) is 5.72. The molecule has 2 aromatic rings. The summed E-state index contributed by atoms with van der Waals surface area (Å²) in [5.74, 6) is 0.0203. The van der Waals surface area contributed by atoms with Gasteiger partial charge in [0, 0.05) is 16.7 Å². The molecule has 0 heterocycles. The van der Waals surface area contributed by atoms with Gasteiger partial charge in [0.15, 0.2) is 0 Å². The predicted octanol–water partition coefficient (Wildman–Crippen LogP) is 4.73. The molecule has 0 radical (unpaired) electrons. The Hall–Kier alpha value is -1.61. The first kappa shape index (κ1) is 14.8. The average Bonchev–Trinajstić information content (AvgIpc) is 2.44. The van der Waals surface area contributed by atoms with Crippen molar-refractivity contribution in [1.29, 1.82) is 0 Å². The van der Waals surface area contributed by atoms with Crippen LogP contribution >= 0.6 is 15.9 Å². The number of carbonyl (C=O) groups excluding carboxylic acids is 1. The lowest BCUT2D eigenvalue weighted by Gasteiger charge is -2.22. The van der Waals surface area contributed by atoms with E-state index in [-0.39, 0.29) is 5.91 Å². The van der Waals surface area contributed by atoms with Gasteiger partial charge in [-0.2, -0.15) is 0 Å². The minimum Gasteiger partial charge on any atom is -0.309 e. The summed E-state index contributed by atoms with van der Waals surface area (Å²) in [5.41, 5.74) is 3.90. The minimum absolute atomic E-state index is 0.0203. The SMILES string of the molecule is CCN(C(=O)c1cc(C)ccc1Br)c1ccc(C)cc1. The number of nitrogens with zero attached hydrogens (tertiary/aromatic N) is 1. The molecule has 0 N–H and O–H groups in total. The Bertz CT molecular complexity index is 619. The maximum absolute atomic E-state index is 12.7. The van der Waals surface area contributed by atoms with Crippen LogP contribution in [0.4, 0.5) is 5.69 Å². The molecule has 0 bridgehead atoms. The number of carbonyl (C=O) groups is 1. The van der Waals surface area contributed by atoms with Crippen LogP contribution in [-0.2, 0) is 0 Å². The molecule has 0 aliphatic rings. The number of rotatable bonds is 3. The fraction of sp³-hybridized carbons (Fsp3) is 0.235. The topological polar surface area (TPSA) is 20.3 Å². The third-order valence-corrected chi connectivity index (χ3v) is 3.95. The Labute approximate surface area is 128 Å². The number of hydrogen-bond acceptors (Lipinski definition) is 1. The smallest absolute Gasteiger partial charge is 0.259 e. The molecular weight excluding hydrogens is 314 g/mol. The predicted molar refractivity (Wildman–Crippen MR) is 87.4 cm³/mol. The van der Waals surface area contributed by atoms with Gasteiger partial charge in [0.1, 0.15) is 0 Å². The van der Waals surface area contributed by atoms with Gasteiger partial charge in [-0.3, -0.25) is 4.79 Å². The standard InChI is InChI=1S/C17H18BrNO/c1-4-19(14-8-5-12(2)6-9-14)17(20)15-11-13(3)7-10-16(15)18/h5-11H,4H2,1-3H3. The fourth-order valence-electron chi connectivity index (χ4n) is 2.12. The normalized spacial score (nSPS) is 10.4. The lowest BCUT2D eigenvalue weighted by atomic mass is 10.1. The van der Waals surface area contributed by atoms with Gasteiger partial charge >= 0.3 is 0 Å². The first-order valence-corrected chi connectivity index (χ1v) is 7.47. The molecule has 104 valence electrons. The van der Waals surface area contributed by atoms with E-state index in [0.717, 1.165) is 15.7 Å². The van der Waals surface area contributed by atoms with E-state index in [2.05, 4.69) is 15.9 Å². The highest BCUT2D eigenvalue weighted by Gasteiger charge is 2.18. The van der Waals surface area contributed by atoms with Crippen molar-refractivity contribution in [1.82, 2.24) is 0 Å². The summed E-state index contributed by atoms with van der Waals surface area (Å²) in [6, 6.07) is 13.9. The third kappa shape index (κ3) is 3.10. The van der Waals surface area contributed by atoms with Crippen LogP contribution in [0.25, 0.3) is 0 Å². The zero-order valence-corrected chi connectivity index (χ0v) is 13.6. The van der Waals surface area contributed by atoms with Crippen molar-refractivity contribution >= 4 is 27.5 Å². The maximum atomic E-state index is 12.7. The van der Waals surface area contributed by atoms with Gasteiger partial charge in [0.2, 0.25) is 0 Å². The summed E-state index contributed by atoms with van der Waals surface area (Å²) < 4.78 is 0.832. The molecule has 0 saturated heterocycles. The Morgan fingerprint density at radius 2 is 1.65 bits per heavy atom. The van der Waals surface area contributed by atoms with Crippen LogP contribution in [-0.4, -0.2) is 12.5 Å². The van der Waals surface area contributed by atoms with Gasteiger partial charge in [0.05, 0.1) is 5.56 Å². The summed E-state index contributed by atoms with van der Waals surface area (Å²) in [6.45, 7) is 6.66. The summed E-state index contributed by atoms with van der Waals surface area (Å²) in [4.78, 5) is 14.5. The lowest BCUT2D eigenvalue weighted by Crippen LogP contribution is -2.30. The van der Waals surface area contributed by atoms with E-state index in [1.165, 1.54) is 5.56 Å². The molecular formula is C17H18BrNO. The molecule has 0 unspecified atom stereocenters. The highest BCUT2D eigenvalue weighted by atomic mass is 79.9. The quantitative estimate of drug-likeness (QED) is 0.795. The Balaban J connectivity index is 2.38. The van der Waals surface area contributed by atoms with Crippen molar-refractivity contribution in [3.05, 3.63) is 63.6 Å². The van der Waals surface area contributed by atoms with Crippen LogP contribution < -0.4 is 4.90 Å². The molecule has 0 atom stereocenters. The van der Waals surface area contributed by atoms with Crippen molar-refractivity contribution in [3.8, 4) is 0 Å². The number of anilines is 1. The van der Waals surface area contributed by atoms with E-state index < -0.39 is 0 Å². The van der Waals surface area contributed by atoms with Gasteiger partial charge in [-0.1, -0.05) is 29.3 Å². The van der Waals surface area contributed by atoms with E-state index >= 15 is 0 Å². The summed E-state index contributed by atoms with van der Waals surface area (Å²) in [6.07, 6.45) is 0. The molecule has 0 spiro atoms. The zero-order chi connectivity index (χ0) is 14.7. The molecule has 3 heteroatoms. The number of amides is 1. The van der Waals surface area contributed by atoms with Crippen molar-refractivity contribution < 1.29 is 4.79 Å². The first-order chi connectivity index (χ1) is 9.52. The van der Waals surface area contributed by atoms with Crippen LogP contribution in [0.15, 0.2) is 46.9 Å². The second-order valence-electron chi connectivity index (χ2n) is 4.87. The molecule has 0 fully saturated rings. The highest BCUT2D eigenvalue weighted by molar-refractivity contribution is 9.10. The Morgan fingerprint density at radius 1 is 1.05 bits per heavy atom. The zero-order valence-electron chi connectivity index (χ0n) is 12.0. The van der Waals surface area contributed by atoms with Crippen LogP contribution in [0, 0.1) is 13.8 Å². The van der Waals surface area contributed by atoms with Gasteiger partial charge in [-0.15, -0.1) is 0 Å². The largest absolute Gasteiger partial charge is 0.309 e. The van der Waals surface area contributed by atoms with E-state index in [0.29, 0.717) is 12.1 Å². The Morgan fingerprint density at radius 3 is 2.25 bits per heavy atom. The molecule has 0 aliphatic carbocycles. The number of aryl methyl sites for hydroxylation is 2.